The van der Waals surface area contributed by atoms with Crippen LogP contribution in [0.25, 0.3) is 0 Å². The molecular weight excluding hydrogens is 254 g/mol. The number of phenolic OH excluding ortho intramolecular Hbond substituents is 1. The number of rotatable bonds is 0. The molecule has 0 aliphatic carbocycles. The first kappa shape index (κ1) is 16.3. The van der Waals surface area contributed by atoms with E-state index >= 15 is 0 Å². The summed E-state index contributed by atoms with van der Waals surface area (Å²) in [6.07, 6.45) is 0.373. The van der Waals surface area contributed by atoms with Crippen LogP contribution in [0.2, 0.25) is 0 Å². The maximum atomic E-state index is 11.9. The summed E-state index contributed by atoms with van der Waals surface area (Å²) in [5.74, 6) is 0.316. The van der Waals surface area contributed by atoms with E-state index in [0.29, 0.717) is 25.3 Å². The lowest BCUT2D eigenvalue weighted by Gasteiger charge is -2.31. The van der Waals surface area contributed by atoms with E-state index in [1.807, 2.05) is 40.7 Å². The van der Waals surface area contributed by atoms with E-state index < -0.39 is 5.60 Å². The molecule has 20 heavy (non-hydrogen) atoms. The van der Waals surface area contributed by atoms with Crippen molar-refractivity contribution in [2.24, 2.45) is 0 Å². The quantitative estimate of drug-likeness (QED) is 0.787. The van der Waals surface area contributed by atoms with Gasteiger partial charge in [-0.15, -0.1) is 0 Å². The van der Waals surface area contributed by atoms with Gasteiger partial charge in [-0.2, -0.15) is 0 Å². The first-order chi connectivity index (χ1) is 9.37. The van der Waals surface area contributed by atoms with Crippen LogP contribution in [-0.4, -0.2) is 28.2 Å². The van der Waals surface area contributed by atoms with Crippen LogP contribution in [0.4, 0.5) is 4.79 Å². The summed E-state index contributed by atoms with van der Waals surface area (Å²) >= 11 is 0. The number of hydrogen-bond acceptors (Lipinski definition) is 3. The van der Waals surface area contributed by atoms with Crippen LogP contribution < -0.4 is 0 Å². The summed E-state index contributed by atoms with van der Waals surface area (Å²) < 4.78 is 5.35. The molecule has 1 aromatic rings. The minimum Gasteiger partial charge on any atom is -0.508 e. The molecule has 4 nitrogen and oxygen atoms in total. The van der Waals surface area contributed by atoms with Gasteiger partial charge >= 0.3 is 6.09 Å². The highest BCUT2D eigenvalue weighted by Crippen LogP contribution is 2.27. The van der Waals surface area contributed by atoms with E-state index in [2.05, 4.69) is 0 Å². The molecule has 1 amide bonds. The third-order valence-corrected chi connectivity index (χ3v) is 2.89. The number of nitrogens with zero attached hydrogens (tertiary/aromatic N) is 1. The molecule has 1 aromatic carbocycles. The highest BCUT2D eigenvalue weighted by molar-refractivity contribution is 5.68. The van der Waals surface area contributed by atoms with Gasteiger partial charge < -0.3 is 14.7 Å². The molecule has 0 radical (unpaired) electrons. The summed E-state index contributed by atoms with van der Waals surface area (Å²) in [4.78, 5) is 13.6. The van der Waals surface area contributed by atoms with E-state index in [-0.39, 0.29) is 6.09 Å². The van der Waals surface area contributed by atoms with E-state index in [9.17, 15) is 9.90 Å². The minimum atomic E-state index is -0.476. The van der Waals surface area contributed by atoms with Crippen molar-refractivity contribution in [3.8, 4) is 5.75 Å². The van der Waals surface area contributed by atoms with Crippen molar-refractivity contribution in [3.63, 3.8) is 0 Å². The lowest BCUT2D eigenvalue weighted by atomic mass is 9.99. The third kappa shape index (κ3) is 4.15. The second-order valence-corrected chi connectivity index (χ2v) is 5.57. The minimum absolute atomic E-state index is 0.295. The monoisotopic (exact) mass is 279 g/mol. The van der Waals surface area contributed by atoms with Gasteiger partial charge in [0.15, 0.2) is 0 Å². The van der Waals surface area contributed by atoms with Gasteiger partial charge in [0.2, 0.25) is 0 Å². The largest absolute Gasteiger partial charge is 0.508 e. The molecule has 0 spiro atoms. The third-order valence-electron chi connectivity index (χ3n) is 2.89. The highest BCUT2D eigenvalue weighted by atomic mass is 16.6. The number of carbonyl (C=O) groups is 1. The molecule has 0 unspecified atom stereocenters. The number of fused-ring (bicyclic) bond motifs is 1. The normalized spacial score (nSPS) is 13.9. The predicted octanol–water partition coefficient (Wildman–Crippen LogP) is 3.71. The smallest absolute Gasteiger partial charge is 0.410 e. The molecule has 1 aliphatic rings. The van der Waals surface area contributed by atoms with Gasteiger partial charge in [-0.25, -0.2) is 4.79 Å². The molecule has 0 saturated heterocycles. The van der Waals surface area contributed by atoms with E-state index in [1.54, 1.807) is 17.0 Å². The van der Waals surface area contributed by atoms with E-state index in [0.717, 1.165) is 11.1 Å². The van der Waals surface area contributed by atoms with Crippen LogP contribution in [-0.2, 0) is 17.7 Å². The lowest BCUT2D eigenvalue weighted by molar-refractivity contribution is 0.0223. The molecule has 1 heterocycles. The number of phenols is 1. The predicted molar refractivity (Wildman–Crippen MR) is 79.8 cm³/mol. The van der Waals surface area contributed by atoms with Crippen molar-refractivity contribution in [3.05, 3.63) is 29.3 Å². The fraction of sp³-hybridized carbons (Fsp3) is 0.562. The van der Waals surface area contributed by atoms with Crippen LogP contribution >= 0.6 is 0 Å². The molecule has 1 aliphatic heterocycles. The van der Waals surface area contributed by atoms with Gasteiger partial charge in [0.05, 0.1) is 0 Å². The zero-order valence-corrected chi connectivity index (χ0v) is 13.1. The summed E-state index contributed by atoms with van der Waals surface area (Å²) in [6.45, 7) is 10.6. The Balaban J connectivity index is 0.000000956. The molecule has 0 bridgehead atoms. The number of ether oxygens (including phenoxy) is 1. The Kier molecular flexibility index (Phi) is 5.43. The fourth-order valence-corrected chi connectivity index (χ4v) is 2.07. The molecule has 0 atom stereocenters. The Morgan fingerprint density at radius 3 is 2.55 bits per heavy atom. The molecule has 0 aromatic heterocycles. The number of hydrogen-bond donors (Lipinski definition) is 1. The van der Waals surface area contributed by atoms with Crippen molar-refractivity contribution in [2.45, 2.75) is 53.2 Å². The molecule has 4 heteroatoms. The van der Waals surface area contributed by atoms with Crippen molar-refractivity contribution in [1.82, 2.24) is 4.90 Å². The first-order valence-electron chi connectivity index (χ1n) is 7.14. The molecule has 0 fully saturated rings. The molecular formula is C16H25NO3. The van der Waals surface area contributed by atoms with Crippen molar-refractivity contribution in [1.29, 1.82) is 0 Å². The number of aromatic hydroxyl groups is 1. The van der Waals surface area contributed by atoms with Gasteiger partial charge in [-0.1, -0.05) is 26.0 Å². The summed E-state index contributed by atoms with van der Waals surface area (Å²) in [5, 5.41) is 9.73. The Morgan fingerprint density at radius 1 is 1.30 bits per heavy atom. The van der Waals surface area contributed by atoms with Crippen molar-refractivity contribution >= 4 is 6.09 Å². The molecule has 112 valence electrons. The molecule has 1 N–H and O–H groups in total. The Labute approximate surface area is 121 Å². The average molecular weight is 279 g/mol. The summed E-state index contributed by atoms with van der Waals surface area (Å²) in [5.41, 5.74) is 1.46. The zero-order valence-electron chi connectivity index (χ0n) is 13.1. The second kappa shape index (κ2) is 6.64. The molecule has 2 rings (SSSR count). The van der Waals surface area contributed by atoms with E-state index in [1.165, 1.54) is 0 Å². The fourth-order valence-electron chi connectivity index (χ4n) is 2.07. The zero-order chi connectivity index (χ0) is 15.3. The Morgan fingerprint density at radius 2 is 1.95 bits per heavy atom. The Hall–Kier alpha value is -1.71. The number of amides is 1. The maximum absolute atomic E-state index is 11.9. The van der Waals surface area contributed by atoms with Crippen LogP contribution in [0.3, 0.4) is 0 Å². The van der Waals surface area contributed by atoms with Crippen molar-refractivity contribution < 1.29 is 14.6 Å². The summed E-state index contributed by atoms with van der Waals surface area (Å²) in [6, 6.07) is 5.42. The van der Waals surface area contributed by atoms with Gasteiger partial charge in [0.1, 0.15) is 11.4 Å². The number of benzene rings is 1. The van der Waals surface area contributed by atoms with Gasteiger partial charge in [-0.3, -0.25) is 0 Å². The highest BCUT2D eigenvalue weighted by Gasteiger charge is 2.26. The maximum Gasteiger partial charge on any atom is 0.410 e. The standard InChI is InChI=1S/C14H19NO3.C2H6/c1-14(2,3)18-13(17)15-8-7-11-10(9-15)5-4-6-12(11)16;1-2/h4-6,16H,7-9H2,1-3H3;1-2H3. The van der Waals surface area contributed by atoms with Crippen LogP contribution in [0.1, 0.15) is 45.7 Å². The first-order valence-corrected chi connectivity index (χ1v) is 7.14. The van der Waals surface area contributed by atoms with Crippen LogP contribution in [0, 0.1) is 0 Å². The van der Waals surface area contributed by atoms with Gasteiger partial charge in [0, 0.05) is 18.7 Å². The number of carbonyl (C=O) groups excluding carboxylic acids is 1. The van der Waals surface area contributed by atoms with Crippen LogP contribution in [0.5, 0.6) is 5.75 Å². The summed E-state index contributed by atoms with van der Waals surface area (Å²) in [7, 11) is 0. The molecule has 0 saturated carbocycles. The lowest BCUT2D eigenvalue weighted by Crippen LogP contribution is -2.39. The van der Waals surface area contributed by atoms with Crippen LogP contribution in [0.15, 0.2) is 18.2 Å². The Bertz CT molecular complexity index is 463. The van der Waals surface area contributed by atoms with Gasteiger partial charge in [-0.05, 0) is 38.8 Å². The van der Waals surface area contributed by atoms with Gasteiger partial charge in [0.25, 0.3) is 0 Å². The van der Waals surface area contributed by atoms with E-state index in [4.69, 9.17) is 4.74 Å². The second-order valence-electron chi connectivity index (χ2n) is 5.57. The average Bonchev–Trinajstić information content (AvgIpc) is 2.39. The topological polar surface area (TPSA) is 49.8 Å². The van der Waals surface area contributed by atoms with Crippen molar-refractivity contribution in [2.75, 3.05) is 6.54 Å². The SMILES string of the molecule is CC.CC(C)(C)OC(=O)N1CCc2c(O)cccc2C1.